The number of hydrogen-bond donors (Lipinski definition) is 1. The molecule has 0 saturated carbocycles. The van der Waals surface area contributed by atoms with Gasteiger partial charge < -0.3 is 0 Å². The zero-order valence-corrected chi connectivity index (χ0v) is 16.6. The second-order valence-electron chi connectivity index (χ2n) is 7.30. The maximum absolute atomic E-state index is 11.7. The van der Waals surface area contributed by atoms with E-state index in [0.717, 1.165) is 18.4 Å². The Morgan fingerprint density at radius 1 is 0.958 bits per heavy atom. The average Bonchev–Trinajstić information content (AvgIpc) is 2.50. The second kappa shape index (κ2) is 9.57. The predicted octanol–water partition coefficient (Wildman–Crippen LogP) is 5.80. The van der Waals surface area contributed by atoms with Crippen molar-refractivity contribution < 1.29 is 13.0 Å². The summed E-state index contributed by atoms with van der Waals surface area (Å²) < 4.78 is 31.6. The Bertz CT molecular complexity index is 603. The molecule has 1 N–H and O–H groups in total. The molecular formula is C20H34O3S. The maximum atomic E-state index is 11.7. The maximum Gasteiger partial charge on any atom is 0.274 e. The van der Waals surface area contributed by atoms with Crippen LogP contribution in [0.2, 0.25) is 0 Å². The zero-order chi connectivity index (χ0) is 18.2. The van der Waals surface area contributed by atoms with Crippen molar-refractivity contribution in [2.24, 2.45) is 0 Å². The third kappa shape index (κ3) is 5.89. The lowest BCUT2D eigenvalue weighted by Gasteiger charge is -2.25. The molecule has 4 heteroatoms. The highest BCUT2D eigenvalue weighted by atomic mass is 32.2. The summed E-state index contributed by atoms with van der Waals surface area (Å²) in [5, 5.41) is 0. The van der Waals surface area contributed by atoms with Gasteiger partial charge in [0, 0.05) is 0 Å². The van der Waals surface area contributed by atoms with Gasteiger partial charge in [0.15, 0.2) is 0 Å². The summed E-state index contributed by atoms with van der Waals surface area (Å²) in [5.41, 5.74) is 2.88. The van der Waals surface area contributed by atoms with Gasteiger partial charge in [-0.2, -0.15) is 8.42 Å². The minimum absolute atomic E-state index is 0.696. The molecule has 0 spiro atoms. The lowest BCUT2D eigenvalue weighted by atomic mass is 9.91. The van der Waals surface area contributed by atoms with Crippen molar-refractivity contribution in [3.8, 4) is 0 Å². The summed E-state index contributed by atoms with van der Waals surface area (Å²) in [6.45, 7) is 7.32. The molecule has 138 valence electrons. The first kappa shape index (κ1) is 21.2. The molecule has 0 radical (unpaired) electrons. The van der Waals surface area contributed by atoms with E-state index in [1.807, 2.05) is 13.0 Å². The van der Waals surface area contributed by atoms with E-state index in [0.29, 0.717) is 5.56 Å². The molecule has 0 aliphatic heterocycles. The van der Waals surface area contributed by atoms with Gasteiger partial charge in [0.2, 0.25) is 0 Å². The summed E-state index contributed by atoms with van der Waals surface area (Å²) in [4.78, 5) is 0. The van der Waals surface area contributed by atoms with E-state index in [2.05, 4.69) is 13.0 Å². The topological polar surface area (TPSA) is 54.4 Å². The Hall–Kier alpha value is -0.870. The van der Waals surface area contributed by atoms with Gasteiger partial charge in [0.25, 0.3) is 10.1 Å². The lowest BCUT2D eigenvalue weighted by molar-refractivity contribution is 0.444. The molecule has 0 aliphatic carbocycles. The van der Waals surface area contributed by atoms with Gasteiger partial charge >= 0.3 is 0 Å². The smallest absolute Gasteiger partial charge is 0.274 e. The van der Waals surface area contributed by atoms with Crippen LogP contribution in [-0.2, 0) is 21.3 Å². The van der Waals surface area contributed by atoms with Crippen LogP contribution < -0.4 is 0 Å². The van der Waals surface area contributed by atoms with Gasteiger partial charge in [-0.1, -0.05) is 70.1 Å². The highest BCUT2D eigenvalue weighted by molar-refractivity contribution is 7.86. The molecule has 0 unspecified atom stereocenters. The zero-order valence-electron chi connectivity index (χ0n) is 15.8. The van der Waals surface area contributed by atoms with Crippen molar-refractivity contribution in [2.45, 2.75) is 90.2 Å². The number of unbranched alkanes of at least 4 members (excludes halogenated alkanes) is 7. The van der Waals surface area contributed by atoms with Crippen molar-refractivity contribution in [1.82, 2.24) is 0 Å². The van der Waals surface area contributed by atoms with E-state index < -0.39 is 14.9 Å². The molecule has 1 aromatic rings. The van der Waals surface area contributed by atoms with Crippen LogP contribution in [0.1, 0.15) is 88.8 Å². The number of hydrogen-bond acceptors (Lipinski definition) is 2. The van der Waals surface area contributed by atoms with Crippen LogP contribution in [-0.4, -0.2) is 13.0 Å². The largest absolute Gasteiger partial charge is 0.285 e. The van der Waals surface area contributed by atoms with Crippen LogP contribution >= 0.6 is 0 Å². The Morgan fingerprint density at radius 3 is 2.04 bits per heavy atom. The Morgan fingerprint density at radius 2 is 1.50 bits per heavy atom. The van der Waals surface area contributed by atoms with Gasteiger partial charge in [-0.25, -0.2) is 0 Å². The molecule has 0 aliphatic rings. The summed E-state index contributed by atoms with van der Waals surface area (Å²) >= 11 is 0. The highest BCUT2D eigenvalue weighted by Gasteiger charge is 2.36. The monoisotopic (exact) mass is 354 g/mol. The standard InChI is InChI=1S/C20H34O3S/c1-5-6-7-8-9-10-11-12-14-18-15-13-16-19(17(18)2)20(3,4)24(21,22)23/h13,15-16H,5-12,14H2,1-4H3,(H,21,22,23). The molecule has 0 amide bonds. The second-order valence-corrected chi connectivity index (χ2v) is 9.27. The van der Waals surface area contributed by atoms with Crippen molar-refractivity contribution in [3.05, 3.63) is 34.9 Å². The molecule has 0 saturated heterocycles. The Balaban J connectivity index is 2.58. The molecule has 0 aromatic heterocycles. The third-order valence-corrected chi connectivity index (χ3v) is 6.55. The van der Waals surface area contributed by atoms with Crippen LogP contribution in [0, 0.1) is 6.92 Å². The van der Waals surface area contributed by atoms with Gasteiger partial charge in [-0.05, 0) is 50.3 Å². The van der Waals surface area contributed by atoms with E-state index in [1.54, 1.807) is 19.9 Å². The van der Waals surface area contributed by atoms with Crippen LogP contribution in [0.4, 0.5) is 0 Å². The highest BCUT2D eigenvalue weighted by Crippen LogP contribution is 2.32. The molecule has 0 heterocycles. The van der Waals surface area contributed by atoms with Gasteiger partial charge in [-0.3, -0.25) is 4.55 Å². The fourth-order valence-electron chi connectivity index (χ4n) is 3.19. The molecule has 0 bridgehead atoms. The summed E-state index contributed by atoms with van der Waals surface area (Å²) in [6, 6.07) is 5.77. The van der Waals surface area contributed by atoms with Crippen molar-refractivity contribution in [2.75, 3.05) is 0 Å². The molecule has 0 fully saturated rings. The lowest BCUT2D eigenvalue weighted by Crippen LogP contribution is -2.29. The SMILES string of the molecule is CCCCCCCCCCc1cccc(C(C)(C)S(=O)(=O)O)c1C. The fraction of sp³-hybridized carbons (Fsp3) is 0.700. The first-order valence-electron chi connectivity index (χ1n) is 9.27. The summed E-state index contributed by atoms with van der Waals surface area (Å²) in [5.74, 6) is 0. The summed E-state index contributed by atoms with van der Waals surface area (Å²) in [6.07, 6.45) is 11.2. The Kier molecular flexibility index (Phi) is 8.44. The van der Waals surface area contributed by atoms with Crippen LogP contribution in [0.15, 0.2) is 18.2 Å². The molecule has 0 atom stereocenters. The normalized spacial score (nSPS) is 12.5. The van der Waals surface area contributed by atoms with Crippen LogP contribution in [0.25, 0.3) is 0 Å². The van der Waals surface area contributed by atoms with E-state index in [4.69, 9.17) is 0 Å². The molecule has 1 rings (SSSR count). The van der Waals surface area contributed by atoms with Crippen molar-refractivity contribution in [1.29, 1.82) is 0 Å². The average molecular weight is 355 g/mol. The first-order valence-corrected chi connectivity index (χ1v) is 10.7. The fourth-order valence-corrected chi connectivity index (χ4v) is 3.69. The number of rotatable bonds is 11. The van der Waals surface area contributed by atoms with Gasteiger partial charge in [0.05, 0.1) is 0 Å². The predicted molar refractivity (Wildman–Crippen MR) is 102 cm³/mol. The van der Waals surface area contributed by atoms with Crippen LogP contribution in [0.3, 0.4) is 0 Å². The van der Waals surface area contributed by atoms with Gasteiger partial charge in [0.1, 0.15) is 4.75 Å². The van der Waals surface area contributed by atoms with E-state index in [-0.39, 0.29) is 0 Å². The van der Waals surface area contributed by atoms with Gasteiger partial charge in [-0.15, -0.1) is 0 Å². The molecular weight excluding hydrogens is 320 g/mol. The molecule has 3 nitrogen and oxygen atoms in total. The molecule has 24 heavy (non-hydrogen) atoms. The van der Waals surface area contributed by atoms with Crippen LogP contribution in [0.5, 0.6) is 0 Å². The minimum Gasteiger partial charge on any atom is -0.285 e. The Labute approximate surface area is 148 Å². The van der Waals surface area contributed by atoms with E-state index in [1.165, 1.54) is 50.5 Å². The third-order valence-electron chi connectivity index (χ3n) is 5.04. The number of benzene rings is 1. The summed E-state index contributed by atoms with van der Waals surface area (Å²) in [7, 11) is -4.13. The van der Waals surface area contributed by atoms with E-state index >= 15 is 0 Å². The van der Waals surface area contributed by atoms with Crippen molar-refractivity contribution >= 4 is 10.1 Å². The minimum atomic E-state index is -4.13. The molecule has 1 aromatic carbocycles. The first-order chi connectivity index (χ1) is 11.2. The number of aryl methyl sites for hydroxylation is 1. The van der Waals surface area contributed by atoms with Crippen molar-refractivity contribution in [3.63, 3.8) is 0 Å². The quantitative estimate of drug-likeness (QED) is 0.403. The van der Waals surface area contributed by atoms with E-state index in [9.17, 15) is 13.0 Å².